The van der Waals surface area contributed by atoms with Crippen molar-refractivity contribution in [2.75, 3.05) is 6.61 Å². The van der Waals surface area contributed by atoms with Crippen molar-refractivity contribution in [3.8, 4) is 0 Å². The molecular weight excluding hydrogens is 192 g/mol. The highest BCUT2D eigenvalue weighted by molar-refractivity contribution is 5.69. The lowest BCUT2D eigenvalue weighted by atomic mass is 10.2. The number of carbonyl (C=O) groups excluding carboxylic acids is 1. The maximum absolute atomic E-state index is 11.3. The molecule has 1 unspecified atom stereocenters. The largest absolute Gasteiger partial charge is 0.466 e. The zero-order chi connectivity index (χ0) is 11.4. The number of imidazole rings is 1. The summed E-state index contributed by atoms with van der Waals surface area (Å²) in [7, 11) is 0. The molecular formula is C11H18N2O2. The van der Waals surface area contributed by atoms with E-state index in [-0.39, 0.29) is 12.0 Å². The van der Waals surface area contributed by atoms with Gasteiger partial charge in [-0.15, -0.1) is 0 Å². The lowest BCUT2D eigenvalue weighted by molar-refractivity contribution is -0.143. The van der Waals surface area contributed by atoms with Crippen LogP contribution in [-0.2, 0) is 9.53 Å². The van der Waals surface area contributed by atoms with Crippen molar-refractivity contribution < 1.29 is 9.53 Å². The van der Waals surface area contributed by atoms with Crippen LogP contribution in [0.1, 0.15) is 37.7 Å². The molecule has 1 rings (SSSR count). The summed E-state index contributed by atoms with van der Waals surface area (Å²) in [6.45, 7) is 8.21. The minimum Gasteiger partial charge on any atom is -0.466 e. The quantitative estimate of drug-likeness (QED) is 0.714. The Hall–Kier alpha value is -1.32. The van der Waals surface area contributed by atoms with Gasteiger partial charge in [0.2, 0.25) is 0 Å². The normalized spacial score (nSPS) is 12.5. The Kier molecular flexibility index (Phi) is 3.88. The first-order valence-electron chi connectivity index (χ1n) is 5.21. The minimum absolute atomic E-state index is 0.102. The van der Waals surface area contributed by atoms with Crippen LogP contribution in [0.2, 0.25) is 0 Å². The van der Waals surface area contributed by atoms with E-state index >= 15 is 0 Å². The molecule has 84 valence electrons. The Morgan fingerprint density at radius 3 is 2.73 bits per heavy atom. The second-order valence-electron chi connectivity index (χ2n) is 3.68. The number of hydrogen-bond acceptors (Lipinski definition) is 3. The number of aromatic nitrogens is 2. The van der Waals surface area contributed by atoms with Crippen LogP contribution in [-0.4, -0.2) is 22.1 Å². The molecule has 0 fully saturated rings. The second-order valence-corrected chi connectivity index (χ2v) is 3.68. The van der Waals surface area contributed by atoms with E-state index in [1.807, 2.05) is 32.3 Å². The van der Waals surface area contributed by atoms with Crippen LogP contribution in [0.15, 0.2) is 6.33 Å². The monoisotopic (exact) mass is 210 g/mol. The third kappa shape index (κ3) is 2.81. The Balaban J connectivity index is 2.65. The predicted molar refractivity (Wildman–Crippen MR) is 57.7 cm³/mol. The fourth-order valence-corrected chi connectivity index (χ4v) is 1.52. The molecule has 0 bridgehead atoms. The summed E-state index contributed by atoms with van der Waals surface area (Å²) in [6.07, 6.45) is 2.17. The number of aryl methyl sites for hydroxylation is 1. The molecule has 0 saturated heterocycles. The zero-order valence-corrected chi connectivity index (χ0v) is 9.78. The molecule has 1 heterocycles. The number of nitrogens with zero attached hydrogens (tertiary/aromatic N) is 2. The molecule has 1 aromatic rings. The van der Waals surface area contributed by atoms with Crippen LogP contribution in [0.25, 0.3) is 0 Å². The first kappa shape index (κ1) is 11.8. The maximum atomic E-state index is 11.3. The number of hydrogen-bond donors (Lipinski definition) is 0. The van der Waals surface area contributed by atoms with Gasteiger partial charge in [0.15, 0.2) is 0 Å². The van der Waals surface area contributed by atoms with Crippen LogP contribution < -0.4 is 0 Å². The Bertz CT molecular complexity index is 344. The third-order valence-corrected chi connectivity index (χ3v) is 2.53. The molecule has 0 spiro atoms. The SMILES string of the molecule is CCOC(=O)CC(C)n1cnc(C)c1C. The van der Waals surface area contributed by atoms with Gasteiger partial charge >= 0.3 is 5.97 Å². The average Bonchev–Trinajstić information content (AvgIpc) is 2.48. The van der Waals surface area contributed by atoms with Crippen molar-refractivity contribution in [1.29, 1.82) is 0 Å². The van der Waals surface area contributed by atoms with E-state index in [2.05, 4.69) is 4.98 Å². The molecule has 0 aromatic carbocycles. The van der Waals surface area contributed by atoms with E-state index in [1.54, 1.807) is 6.33 Å². The molecule has 4 heteroatoms. The molecule has 15 heavy (non-hydrogen) atoms. The zero-order valence-electron chi connectivity index (χ0n) is 9.78. The van der Waals surface area contributed by atoms with Gasteiger partial charge in [0, 0.05) is 11.7 Å². The molecule has 0 N–H and O–H groups in total. The number of rotatable bonds is 4. The van der Waals surface area contributed by atoms with E-state index in [1.165, 1.54) is 0 Å². The summed E-state index contributed by atoms with van der Waals surface area (Å²) in [5.41, 5.74) is 2.11. The predicted octanol–water partition coefficient (Wildman–Crippen LogP) is 2.01. The highest BCUT2D eigenvalue weighted by Gasteiger charge is 2.14. The van der Waals surface area contributed by atoms with Crippen molar-refractivity contribution in [2.24, 2.45) is 0 Å². The third-order valence-electron chi connectivity index (χ3n) is 2.53. The highest BCUT2D eigenvalue weighted by atomic mass is 16.5. The van der Waals surface area contributed by atoms with Gasteiger partial charge in [-0.2, -0.15) is 0 Å². The van der Waals surface area contributed by atoms with E-state index in [4.69, 9.17) is 4.74 Å². The van der Waals surface area contributed by atoms with Gasteiger partial charge in [-0.1, -0.05) is 0 Å². The van der Waals surface area contributed by atoms with Crippen LogP contribution in [0.3, 0.4) is 0 Å². The van der Waals surface area contributed by atoms with Gasteiger partial charge in [0.25, 0.3) is 0 Å². The van der Waals surface area contributed by atoms with Crippen molar-refractivity contribution in [3.63, 3.8) is 0 Å². The summed E-state index contributed by atoms with van der Waals surface area (Å²) in [5.74, 6) is -0.157. The fourth-order valence-electron chi connectivity index (χ4n) is 1.52. The van der Waals surface area contributed by atoms with E-state index in [0.717, 1.165) is 11.4 Å². The lowest BCUT2D eigenvalue weighted by Crippen LogP contribution is -2.13. The van der Waals surface area contributed by atoms with Crippen molar-refractivity contribution in [2.45, 2.75) is 40.2 Å². The van der Waals surface area contributed by atoms with E-state index in [9.17, 15) is 4.79 Å². The standard InChI is InChI=1S/C11H18N2O2/c1-5-15-11(14)6-8(2)13-7-12-9(3)10(13)4/h7-8H,5-6H2,1-4H3. The summed E-state index contributed by atoms with van der Waals surface area (Å²) in [4.78, 5) is 15.5. The summed E-state index contributed by atoms with van der Waals surface area (Å²) >= 11 is 0. The Labute approximate surface area is 90.3 Å². The molecule has 1 aromatic heterocycles. The Morgan fingerprint density at radius 2 is 2.27 bits per heavy atom. The van der Waals surface area contributed by atoms with Gasteiger partial charge in [0.1, 0.15) is 0 Å². The first-order valence-corrected chi connectivity index (χ1v) is 5.21. The molecule has 0 aliphatic carbocycles. The molecule has 0 aliphatic heterocycles. The summed E-state index contributed by atoms with van der Waals surface area (Å²) in [6, 6.07) is 0.102. The lowest BCUT2D eigenvalue weighted by Gasteiger charge is -2.14. The molecule has 0 radical (unpaired) electrons. The fraction of sp³-hybridized carbons (Fsp3) is 0.636. The first-order chi connectivity index (χ1) is 7.06. The van der Waals surface area contributed by atoms with E-state index < -0.39 is 0 Å². The molecule has 0 aliphatic rings. The minimum atomic E-state index is -0.157. The topological polar surface area (TPSA) is 44.1 Å². The smallest absolute Gasteiger partial charge is 0.307 e. The number of carbonyl (C=O) groups is 1. The van der Waals surface area contributed by atoms with E-state index in [0.29, 0.717) is 13.0 Å². The summed E-state index contributed by atoms with van der Waals surface area (Å²) < 4.78 is 6.91. The van der Waals surface area contributed by atoms with Crippen LogP contribution in [0.5, 0.6) is 0 Å². The van der Waals surface area contributed by atoms with Crippen molar-refractivity contribution >= 4 is 5.97 Å². The number of ether oxygens (including phenoxy) is 1. The average molecular weight is 210 g/mol. The van der Waals surface area contributed by atoms with Gasteiger partial charge in [0.05, 0.1) is 25.0 Å². The van der Waals surface area contributed by atoms with Gasteiger partial charge in [-0.25, -0.2) is 4.98 Å². The van der Waals surface area contributed by atoms with Crippen LogP contribution >= 0.6 is 0 Å². The van der Waals surface area contributed by atoms with Gasteiger partial charge < -0.3 is 9.30 Å². The van der Waals surface area contributed by atoms with Crippen LogP contribution in [0, 0.1) is 13.8 Å². The molecule has 0 amide bonds. The Morgan fingerprint density at radius 1 is 1.60 bits per heavy atom. The van der Waals surface area contributed by atoms with Crippen molar-refractivity contribution in [1.82, 2.24) is 9.55 Å². The van der Waals surface area contributed by atoms with Gasteiger partial charge in [-0.05, 0) is 27.7 Å². The van der Waals surface area contributed by atoms with Gasteiger partial charge in [-0.3, -0.25) is 4.79 Å². The molecule has 0 saturated carbocycles. The van der Waals surface area contributed by atoms with Crippen LogP contribution in [0.4, 0.5) is 0 Å². The highest BCUT2D eigenvalue weighted by Crippen LogP contribution is 2.16. The maximum Gasteiger partial charge on any atom is 0.307 e. The number of esters is 1. The second kappa shape index (κ2) is 4.96. The summed E-state index contributed by atoms with van der Waals surface area (Å²) in [5, 5.41) is 0. The molecule has 1 atom stereocenters. The molecule has 4 nitrogen and oxygen atoms in total. The van der Waals surface area contributed by atoms with Crippen molar-refractivity contribution in [3.05, 3.63) is 17.7 Å².